The van der Waals surface area contributed by atoms with Gasteiger partial charge in [-0.25, -0.2) is 4.98 Å². The first-order valence-corrected chi connectivity index (χ1v) is 7.17. The Kier molecular flexibility index (Phi) is 4.81. The standard InChI is InChI=1S/C12H17F3N2OS/c1-2-16-8-4-3-5-9-11(8)19-10(17-9)6-18-7-12(13,14)15/h8,16H,2-7H2,1H3. The predicted molar refractivity (Wildman–Crippen MR) is 67.2 cm³/mol. The first-order chi connectivity index (χ1) is 8.99. The summed E-state index contributed by atoms with van der Waals surface area (Å²) in [7, 11) is 0. The van der Waals surface area contributed by atoms with Gasteiger partial charge in [-0.1, -0.05) is 6.92 Å². The maximum absolute atomic E-state index is 12.0. The van der Waals surface area contributed by atoms with Gasteiger partial charge in [0.2, 0.25) is 0 Å². The van der Waals surface area contributed by atoms with Gasteiger partial charge in [-0.05, 0) is 25.8 Å². The fourth-order valence-corrected chi connectivity index (χ4v) is 3.39. The van der Waals surface area contributed by atoms with Crippen molar-refractivity contribution in [2.45, 2.75) is 45.0 Å². The number of aryl methyl sites for hydroxylation is 1. The molecule has 1 aliphatic rings. The number of alkyl halides is 3. The molecule has 7 heteroatoms. The third kappa shape index (κ3) is 4.15. The van der Waals surface area contributed by atoms with Gasteiger partial charge >= 0.3 is 6.18 Å². The molecule has 1 unspecified atom stereocenters. The number of hydrogen-bond donors (Lipinski definition) is 1. The van der Waals surface area contributed by atoms with E-state index in [-0.39, 0.29) is 6.61 Å². The summed E-state index contributed by atoms with van der Waals surface area (Å²) in [6, 6.07) is 0.294. The molecule has 0 saturated carbocycles. The molecular formula is C12H17F3N2OS. The minimum Gasteiger partial charge on any atom is -0.365 e. The van der Waals surface area contributed by atoms with Crippen molar-refractivity contribution < 1.29 is 17.9 Å². The zero-order chi connectivity index (χ0) is 13.9. The molecule has 108 valence electrons. The highest BCUT2D eigenvalue weighted by Crippen LogP contribution is 2.34. The molecule has 0 radical (unpaired) electrons. The van der Waals surface area contributed by atoms with Crippen molar-refractivity contribution in [1.29, 1.82) is 0 Å². The first kappa shape index (κ1) is 14.7. The highest BCUT2D eigenvalue weighted by Gasteiger charge is 2.28. The molecule has 0 fully saturated rings. The van der Waals surface area contributed by atoms with E-state index >= 15 is 0 Å². The molecule has 0 spiro atoms. The van der Waals surface area contributed by atoms with E-state index in [1.165, 1.54) is 16.2 Å². The summed E-state index contributed by atoms with van der Waals surface area (Å²) < 4.78 is 40.6. The Balaban J connectivity index is 1.97. The molecule has 1 aliphatic carbocycles. The van der Waals surface area contributed by atoms with Crippen molar-refractivity contribution in [3.63, 3.8) is 0 Å². The largest absolute Gasteiger partial charge is 0.411 e. The molecule has 0 aromatic carbocycles. The highest BCUT2D eigenvalue weighted by molar-refractivity contribution is 7.11. The van der Waals surface area contributed by atoms with E-state index < -0.39 is 12.8 Å². The lowest BCUT2D eigenvalue weighted by molar-refractivity contribution is -0.176. The van der Waals surface area contributed by atoms with Crippen LogP contribution in [-0.4, -0.2) is 24.3 Å². The summed E-state index contributed by atoms with van der Waals surface area (Å²) in [4.78, 5) is 5.55. The summed E-state index contributed by atoms with van der Waals surface area (Å²) in [6.45, 7) is 1.65. The molecule has 1 atom stereocenters. The average molecular weight is 294 g/mol. The summed E-state index contributed by atoms with van der Waals surface area (Å²) in [5.41, 5.74) is 1.02. The Labute approximate surface area is 114 Å². The zero-order valence-corrected chi connectivity index (χ0v) is 11.5. The molecule has 1 N–H and O–H groups in total. The Morgan fingerprint density at radius 1 is 1.47 bits per heavy atom. The van der Waals surface area contributed by atoms with Gasteiger partial charge in [0.25, 0.3) is 0 Å². The van der Waals surface area contributed by atoms with E-state index in [4.69, 9.17) is 0 Å². The molecule has 1 aromatic heterocycles. The highest BCUT2D eigenvalue weighted by atomic mass is 32.1. The SMILES string of the molecule is CCNC1CCCc2nc(COCC(F)(F)F)sc21. The van der Waals surface area contributed by atoms with Gasteiger partial charge in [0.15, 0.2) is 0 Å². The van der Waals surface area contributed by atoms with Crippen LogP contribution in [0.25, 0.3) is 0 Å². The van der Waals surface area contributed by atoms with Crippen LogP contribution in [0.1, 0.15) is 41.4 Å². The molecule has 0 amide bonds. The number of nitrogens with one attached hydrogen (secondary N) is 1. The summed E-state index contributed by atoms with van der Waals surface area (Å²) in [5, 5.41) is 4.02. The van der Waals surface area contributed by atoms with Crippen molar-refractivity contribution in [3.8, 4) is 0 Å². The Morgan fingerprint density at radius 3 is 2.95 bits per heavy atom. The number of nitrogens with zero attached hydrogens (tertiary/aromatic N) is 1. The minimum absolute atomic E-state index is 0.0595. The summed E-state index contributed by atoms with van der Waals surface area (Å²) in [6.07, 6.45) is -1.24. The number of ether oxygens (including phenoxy) is 1. The second-order valence-electron chi connectivity index (χ2n) is 4.53. The van der Waals surface area contributed by atoms with Gasteiger partial charge in [0.1, 0.15) is 11.6 Å². The molecule has 1 heterocycles. The van der Waals surface area contributed by atoms with Gasteiger partial charge in [-0.2, -0.15) is 13.2 Å². The van der Waals surface area contributed by atoms with Crippen LogP contribution >= 0.6 is 11.3 Å². The van der Waals surface area contributed by atoms with E-state index in [2.05, 4.69) is 15.0 Å². The second kappa shape index (κ2) is 6.19. The molecule has 0 saturated heterocycles. The topological polar surface area (TPSA) is 34.2 Å². The lowest BCUT2D eigenvalue weighted by atomic mass is 9.98. The fraction of sp³-hybridized carbons (Fsp3) is 0.750. The van der Waals surface area contributed by atoms with E-state index in [0.29, 0.717) is 11.0 Å². The van der Waals surface area contributed by atoms with Crippen molar-refractivity contribution in [1.82, 2.24) is 10.3 Å². The van der Waals surface area contributed by atoms with Crippen LogP contribution < -0.4 is 5.32 Å². The van der Waals surface area contributed by atoms with Gasteiger partial charge in [-0.3, -0.25) is 0 Å². The van der Waals surface area contributed by atoms with Gasteiger partial charge in [-0.15, -0.1) is 11.3 Å². The fourth-order valence-electron chi connectivity index (χ4n) is 2.23. The second-order valence-corrected chi connectivity index (χ2v) is 5.64. The number of hydrogen-bond acceptors (Lipinski definition) is 4. The Bertz CT molecular complexity index is 420. The molecule has 3 nitrogen and oxygen atoms in total. The van der Waals surface area contributed by atoms with Crippen LogP contribution in [0.15, 0.2) is 0 Å². The molecule has 0 bridgehead atoms. The molecule has 19 heavy (non-hydrogen) atoms. The third-order valence-corrected chi connectivity index (χ3v) is 4.12. The lowest BCUT2D eigenvalue weighted by Gasteiger charge is -2.21. The van der Waals surface area contributed by atoms with Crippen LogP contribution in [0.5, 0.6) is 0 Å². The van der Waals surface area contributed by atoms with Crippen LogP contribution in [0.3, 0.4) is 0 Å². The predicted octanol–water partition coefficient (Wildman–Crippen LogP) is 3.21. The Morgan fingerprint density at radius 2 is 2.26 bits per heavy atom. The normalized spacial score (nSPS) is 19.5. The number of aromatic nitrogens is 1. The Hall–Kier alpha value is -0.660. The van der Waals surface area contributed by atoms with Gasteiger partial charge in [0.05, 0.1) is 12.3 Å². The van der Waals surface area contributed by atoms with E-state index in [9.17, 15) is 13.2 Å². The molecular weight excluding hydrogens is 277 g/mol. The van der Waals surface area contributed by atoms with Crippen molar-refractivity contribution in [2.24, 2.45) is 0 Å². The maximum atomic E-state index is 12.0. The van der Waals surface area contributed by atoms with Crippen LogP contribution in [0.4, 0.5) is 13.2 Å². The number of halogens is 3. The van der Waals surface area contributed by atoms with Gasteiger partial charge in [0, 0.05) is 10.9 Å². The zero-order valence-electron chi connectivity index (χ0n) is 10.7. The van der Waals surface area contributed by atoms with Crippen molar-refractivity contribution in [2.75, 3.05) is 13.2 Å². The smallest absolute Gasteiger partial charge is 0.365 e. The minimum atomic E-state index is -4.27. The maximum Gasteiger partial charge on any atom is 0.411 e. The lowest BCUT2D eigenvalue weighted by Crippen LogP contribution is -2.23. The number of fused-ring (bicyclic) bond motifs is 1. The van der Waals surface area contributed by atoms with Gasteiger partial charge < -0.3 is 10.1 Å². The number of rotatable bonds is 5. The average Bonchev–Trinajstić information content (AvgIpc) is 2.71. The summed E-state index contributed by atoms with van der Waals surface area (Å²) in [5.74, 6) is 0. The quantitative estimate of drug-likeness (QED) is 0.905. The molecule has 1 aromatic rings. The third-order valence-electron chi connectivity index (χ3n) is 2.94. The van der Waals surface area contributed by atoms with E-state index in [1.54, 1.807) is 0 Å². The first-order valence-electron chi connectivity index (χ1n) is 6.36. The van der Waals surface area contributed by atoms with Crippen molar-refractivity contribution >= 4 is 11.3 Å². The van der Waals surface area contributed by atoms with E-state index in [1.807, 2.05) is 6.92 Å². The van der Waals surface area contributed by atoms with Crippen molar-refractivity contribution in [3.05, 3.63) is 15.6 Å². The van der Waals surface area contributed by atoms with Crippen LogP contribution in [-0.2, 0) is 17.8 Å². The molecule has 0 aliphatic heterocycles. The monoisotopic (exact) mass is 294 g/mol. The summed E-state index contributed by atoms with van der Waals surface area (Å²) >= 11 is 1.47. The van der Waals surface area contributed by atoms with Crippen LogP contribution in [0, 0.1) is 0 Å². The number of thiazole rings is 1. The molecule has 2 rings (SSSR count). The van der Waals surface area contributed by atoms with E-state index in [0.717, 1.165) is 31.5 Å². The van der Waals surface area contributed by atoms with Crippen LogP contribution in [0.2, 0.25) is 0 Å².